The highest BCUT2D eigenvalue weighted by Gasteiger charge is 2.29. The van der Waals surface area contributed by atoms with Crippen molar-refractivity contribution in [1.29, 1.82) is 0 Å². The van der Waals surface area contributed by atoms with E-state index >= 15 is 0 Å². The van der Waals surface area contributed by atoms with Gasteiger partial charge in [-0.15, -0.1) is 0 Å². The third-order valence-corrected chi connectivity index (χ3v) is 4.08. The van der Waals surface area contributed by atoms with Crippen LogP contribution in [0.25, 0.3) is 0 Å². The molecule has 2 rings (SSSR count). The van der Waals surface area contributed by atoms with Gasteiger partial charge in [0.2, 0.25) is 5.91 Å². The Labute approximate surface area is 120 Å². The van der Waals surface area contributed by atoms with Gasteiger partial charge >= 0.3 is 0 Å². The van der Waals surface area contributed by atoms with Crippen LogP contribution in [0.5, 0.6) is 0 Å². The Kier molecular flexibility index (Phi) is 5.20. The Bertz CT molecular complexity index is 419. The van der Waals surface area contributed by atoms with Gasteiger partial charge in [-0.25, -0.2) is 0 Å². The van der Waals surface area contributed by atoms with Crippen molar-refractivity contribution in [2.45, 2.75) is 38.8 Å². The molecule has 2 heterocycles. The minimum Gasteiger partial charge on any atom is -0.468 e. The predicted octanol–water partition coefficient (Wildman–Crippen LogP) is 1.61. The van der Waals surface area contributed by atoms with Crippen LogP contribution in [-0.2, 0) is 4.79 Å². The maximum absolute atomic E-state index is 11.5. The number of rotatable bonds is 4. The molecule has 0 spiro atoms. The topological polar surface area (TPSA) is 62.7 Å². The molecule has 112 valence electrons. The van der Waals surface area contributed by atoms with E-state index in [9.17, 15) is 4.79 Å². The molecule has 0 bridgehead atoms. The van der Waals surface area contributed by atoms with Gasteiger partial charge in [-0.3, -0.25) is 9.69 Å². The lowest BCUT2D eigenvalue weighted by atomic mass is 10.0. The number of hydrogen-bond donors (Lipinski definition) is 1. The Morgan fingerprint density at radius 3 is 2.80 bits per heavy atom. The van der Waals surface area contributed by atoms with Crippen molar-refractivity contribution in [3.05, 3.63) is 24.2 Å². The third-order valence-electron chi connectivity index (χ3n) is 4.08. The molecule has 0 aliphatic carbocycles. The zero-order chi connectivity index (χ0) is 14.5. The fourth-order valence-electron chi connectivity index (χ4n) is 2.88. The van der Waals surface area contributed by atoms with Crippen molar-refractivity contribution in [3.63, 3.8) is 0 Å². The number of furan rings is 1. The molecule has 0 aromatic carbocycles. The second-order valence-electron chi connectivity index (χ2n) is 5.43. The lowest BCUT2D eigenvalue weighted by molar-refractivity contribution is -0.128. The van der Waals surface area contributed by atoms with Crippen molar-refractivity contribution in [2.24, 2.45) is 5.73 Å². The number of nitrogens with zero attached hydrogens (tertiary/aromatic N) is 2. The summed E-state index contributed by atoms with van der Waals surface area (Å²) in [6.07, 6.45) is 3.58. The van der Waals surface area contributed by atoms with E-state index < -0.39 is 0 Å². The predicted molar refractivity (Wildman–Crippen MR) is 78.2 cm³/mol. The molecule has 2 N–H and O–H groups in total. The fourth-order valence-corrected chi connectivity index (χ4v) is 2.88. The molecular weight excluding hydrogens is 254 g/mol. The quantitative estimate of drug-likeness (QED) is 0.909. The number of carbonyl (C=O) groups excluding carboxylic acids is 1. The minimum absolute atomic E-state index is 0.0463. The molecule has 2 unspecified atom stereocenters. The average molecular weight is 279 g/mol. The van der Waals surface area contributed by atoms with E-state index in [1.165, 1.54) is 0 Å². The Hall–Kier alpha value is -1.33. The minimum atomic E-state index is 0.0463. The van der Waals surface area contributed by atoms with Crippen LogP contribution in [0.15, 0.2) is 22.8 Å². The summed E-state index contributed by atoms with van der Waals surface area (Å²) in [6.45, 7) is 7.13. The van der Waals surface area contributed by atoms with Gasteiger partial charge in [-0.2, -0.15) is 0 Å². The van der Waals surface area contributed by atoms with E-state index in [0.717, 1.165) is 44.8 Å². The molecule has 1 amide bonds. The molecule has 2 atom stereocenters. The molecule has 1 aromatic rings. The van der Waals surface area contributed by atoms with Crippen LogP contribution in [0.3, 0.4) is 0 Å². The van der Waals surface area contributed by atoms with Crippen LogP contribution in [0.1, 0.15) is 38.5 Å². The molecular formula is C15H25N3O2. The summed E-state index contributed by atoms with van der Waals surface area (Å²) in [7, 11) is 0. The molecule has 1 aliphatic heterocycles. The van der Waals surface area contributed by atoms with Gasteiger partial charge in [0.15, 0.2) is 0 Å². The second-order valence-corrected chi connectivity index (χ2v) is 5.43. The van der Waals surface area contributed by atoms with Crippen molar-refractivity contribution < 1.29 is 9.21 Å². The molecule has 5 nitrogen and oxygen atoms in total. The first-order chi connectivity index (χ1) is 9.63. The number of amides is 1. The lowest BCUT2D eigenvalue weighted by Gasteiger charge is -2.33. The monoisotopic (exact) mass is 279 g/mol. The van der Waals surface area contributed by atoms with Gasteiger partial charge in [0.05, 0.1) is 12.3 Å². The first-order valence-corrected chi connectivity index (χ1v) is 7.42. The van der Waals surface area contributed by atoms with Crippen LogP contribution >= 0.6 is 0 Å². The van der Waals surface area contributed by atoms with E-state index in [2.05, 4.69) is 11.8 Å². The normalized spacial score (nSPS) is 20.4. The highest BCUT2D eigenvalue weighted by atomic mass is 16.3. The molecule has 0 saturated carbocycles. The third kappa shape index (κ3) is 3.41. The number of hydrogen-bond acceptors (Lipinski definition) is 4. The molecule has 20 heavy (non-hydrogen) atoms. The van der Waals surface area contributed by atoms with Crippen LogP contribution < -0.4 is 5.73 Å². The van der Waals surface area contributed by atoms with Gasteiger partial charge in [0.25, 0.3) is 0 Å². The molecule has 1 fully saturated rings. The maximum Gasteiger partial charge on any atom is 0.219 e. The maximum atomic E-state index is 11.5. The largest absolute Gasteiger partial charge is 0.468 e. The summed E-state index contributed by atoms with van der Waals surface area (Å²) >= 11 is 0. The van der Waals surface area contributed by atoms with Crippen molar-refractivity contribution in [2.75, 3.05) is 26.2 Å². The van der Waals surface area contributed by atoms with E-state index in [-0.39, 0.29) is 18.0 Å². The van der Waals surface area contributed by atoms with Crippen LogP contribution in [0.2, 0.25) is 0 Å². The summed E-state index contributed by atoms with van der Waals surface area (Å²) in [4.78, 5) is 15.8. The zero-order valence-electron chi connectivity index (χ0n) is 12.4. The molecule has 1 aliphatic rings. The Morgan fingerprint density at radius 2 is 2.20 bits per heavy atom. The number of nitrogens with two attached hydrogens (primary N) is 1. The highest BCUT2D eigenvalue weighted by molar-refractivity contribution is 5.73. The van der Waals surface area contributed by atoms with Crippen LogP contribution in [0.4, 0.5) is 0 Å². The zero-order valence-corrected chi connectivity index (χ0v) is 12.4. The Balaban J connectivity index is 2.11. The van der Waals surface area contributed by atoms with Crippen molar-refractivity contribution in [3.8, 4) is 0 Å². The first-order valence-electron chi connectivity index (χ1n) is 7.42. The molecule has 5 heteroatoms. The molecule has 1 aromatic heterocycles. The van der Waals surface area contributed by atoms with E-state index in [4.69, 9.17) is 10.2 Å². The second kappa shape index (κ2) is 6.90. The molecule has 0 radical (unpaired) electrons. The van der Waals surface area contributed by atoms with E-state index in [0.29, 0.717) is 0 Å². The van der Waals surface area contributed by atoms with Crippen molar-refractivity contribution in [1.82, 2.24) is 9.80 Å². The standard InChI is InChI=1S/C15H25N3O2/c1-3-13(16)15(14-6-4-11-20-14)18-8-5-7-17(9-10-18)12(2)19/h4,6,11,13,15H,3,5,7-10,16H2,1-2H3. The van der Waals surface area contributed by atoms with Crippen LogP contribution in [0, 0.1) is 0 Å². The summed E-state index contributed by atoms with van der Waals surface area (Å²) in [5.41, 5.74) is 6.30. The van der Waals surface area contributed by atoms with E-state index in [1.807, 2.05) is 17.0 Å². The fraction of sp³-hybridized carbons (Fsp3) is 0.667. The molecule has 1 saturated heterocycles. The Morgan fingerprint density at radius 1 is 1.40 bits per heavy atom. The van der Waals surface area contributed by atoms with Crippen LogP contribution in [-0.4, -0.2) is 47.9 Å². The smallest absolute Gasteiger partial charge is 0.219 e. The van der Waals surface area contributed by atoms with Gasteiger partial charge in [0.1, 0.15) is 5.76 Å². The SMILES string of the molecule is CCC(N)C(c1ccco1)N1CCCN(C(C)=O)CC1. The van der Waals surface area contributed by atoms with Gasteiger partial charge in [0, 0.05) is 39.1 Å². The summed E-state index contributed by atoms with van der Waals surface area (Å²) in [5, 5.41) is 0. The van der Waals surface area contributed by atoms with E-state index in [1.54, 1.807) is 13.2 Å². The lowest BCUT2D eigenvalue weighted by Crippen LogP contribution is -2.42. The van der Waals surface area contributed by atoms with Gasteiger partial charge < -0.3 is 15.1 Å². The highest BCUT2D eigenvalue weighted by Crippen LogP contribution is 2.26. The summed E-state index contributed by atoms with van der Waals surface area (Å²) in [5.74, 6) is 1.08. The number of carbonyl (C=O) groups is 1. The summed E-state index contributed by atoms with van der Waals surface area (Å²) < 4.78 is 5.58. The van der Waals surface area contributed by atoms with Crippen molar-refractivity contribution >= 4 is 5.91 Å². The average Bonchev–Trinajstić information content (AvgIpc) is 2.83. The first kappa shape index (κ1) is 15.1. The van der Waals surface area contributed by atoms with Gasteiger partial charge in [-0.1, -0.05) is 6.92 Å². The van der Waals surface area contributed by atoms with Gasteiger partial charge in [-0.05, 0) is 25.0 Å². The summed E-state index contributed by atoms with van der Waals surface area (Å²) in [6, 6.07) is 4.05.